The van der Waals surface area contributed by atoms with Crippen LogP contribution in [0.2, 0.25) is 0 Å². The third kappa shape index (κ3) is 3.66. The van der Waals surface area contributed by atoms with Gasteiger partial charge in [0, 0.05) is 44.4 Å². The van der Waals surface area contributed by atoms with Crippen LogP contribution in [-0.2, 0) is 11.3 Å². The lowest BCUT2D eigenvalue weighted by atomic mass is 10.2. The molecule has 0 radical (unpaired) electrons. The van der Waals surface area contributed by atoms with Gasteiger partial charge in [-0.3, -0.25) is 14.1 Å². The summed E-state index contributed by atoms with van der Waals surface area (Å²) in [6, 6.07) is 0. The molecule has 0 unspecified atom stereocenters. The highest BCUT2D eigenvalue weighted by atomic mass is 32.1. The largest absolute Gasteiger partial charge is 0.377 e. The number of carbonyl (C=O) groups is 1. The first-order valence-corrected chi connectivity index (χ1v) is 10.7. The number of rotatable bonds is 7. The van der Waals surface area contributed by atoms with Crippen molar-refractivity contribution in [3.05, 3.63) is 23.0 Å². The van der Waals surface area contributed by atoms with Crippen molar-refractivity contribution in [2.24, 2.45) is 0 Å². The van der Waals surface area contributed by atoms with Gasteiger partial charge in [0.05, 0.1) is 11.8 Å². The molecule has 4 heterocycles. The summed E-state index contributed by atoms with van der Waals surface area (Å²) in [5.41, 5.74) is 1.68. The Balaban J connectivity index is 1.59. The van der Waals surface area contributed by atoms with E-state index < -0.39 is 0 Å². The second-order valence-electron chi connectivity index (χ2n) is 7.33. The molecule has 2 aliphatic heterocycles. The van der Waals surface area contributed by atoms with Crippen molar-refractivity contribution in [3.8, 4) is 0 Å². The predicted octanol–water partition coefficient (Wildman–Crippen LogP) is 3.02. The van der Waals surface area contributed by atoms with Gasteiger partial charge in [0.2, 0.25) is 0 Å². The third-order valence-corrected chi connectivity index (χ3v) is 6.11. The van der Waals surface area contributed by atoms with Gasteiger partial charge < -0.3 is 9.64 Å². The molecular weight excluding hydrogens is 348 g/mol. The normalized spacial score (nSPS) is 20.7. The minimum Gasteiger partial charge on any atom is -0.377 e. The molecule has 1 amide bonds. The molecule has 0 aromatic carbocycles. The van der Waals surface area contributed by atoms with Gasteiger partial charge >= 0.3 is 0 Å². The van der Waals surface area contributed by atoms with E-state index in [0.29, 0.717) is 11.8 Å². The lowest BCUT2D eigenvalue weighted by Gasteiger charge is -2.25. The van der Waals surface area contributed by atoms with E-state index in [-0.39, 0.29) is 5.91 Å². The Kier molecular flexibility index (Phi) is 5.57. The zero-order valence-corrected chi connectivity index (χ0v) is 16.3. The highest BCUT2D eigenvalue weighted by molar-refractivity contribution is 7.15. The highest BCUT2D eigenvalue weighted by Crippen LogP contribution is 2.23. The Hall–Kier alpha value is -1.44. The number of thiazole rings is 1. The average Bonchev–Trinajstić information content (AvgIpc) is 3.41. The number of aromatic nitrogens is 2. The average molecular weight is 377 g/mol. The van der Waals surface area contributed by atoms with E-state index in [1.54, 1.807) is 11.3 Å². The Bertz CT molecular complexity index is 744. The van der Waals surface area contributed by atoms with Gasteiger partial charge in [-0.2, -0.15) is 0 Å². The number of likely N-dealkylation sites (tertiary alicyclic amines) is 1. The summed E-state index contributed by atoms with van der Waals surface area (Å²) in [5, 5.41) is 2.04. The van der Waals surface area contributed by atoms with Crippen molar-refractivity contribution in [3.63, 3.8) is 0 Å². The summed E-state index contributed by atoms with van der Waals surface area (Å²) < 4.78 is 7.95. The van der Waals surface area contributed by atoms with Crippen molar-refractivity contribution in [1.29, 1.82) is 0 Å². The number of carbonyl (C=O) groups excluding carboxylic acids is 1. The topological polar surface area (TPSA) is 50.1 Å². The molecule has 2 fully saturated rings. The SMILES string of the molecule is CCCN(Cc1c(C(=O)N2CCCC2)nc2sccn12)C[C@@H]1CCCO1. The van der Waals surface area contributed by atoms with Gasteiger partial charge in [0.15, 0.2) is 10.7 Å². The Morgan fingerprint density at radius 3 is 2.96 bits per heavy atom. The van der Waals surface area contributed by atoms with Crippen LogP contribution in [0, 0.1) is 0 Å². The molecule has 6 nitrogen and oxygen atoms in total. The van der Waals surface area contributed by atoms with Crippen LogP contribution in [-0.4, -0.2) is 64.0 Å². The molecular formula is C19H28N4O2S. The van der Waals surface area contributed by atoms with Gasteiger partial charge in [0.1, 0.15) is 0 Å². The smallest absolute Gasteiger partial charge is 0.274 e. The summed E-state index contributed by atoms with van der Waals surface area (Å²) in [6.07, 6.45) is 7.96. The summed E-state index contributed by atoms with van der Waals surface area (Å²) in [7, 11) is 0. The molecule has 2 aliphatic rings. The monoisotopic (exact) mass is 376 g/mol. The molecule has 0 spiro atoms. The Morgan fingerprint density at radius 2 is 2.23 bits per heavy atom. The van der Waals surface area contributed by atoms with Crippen LogP contribution < -0.4 is 0 Å². The van der Waals surface area contributed by atoms with E-state index in [1.165, 1.54) is 0 Å². The second kappa shape index (κ2) is 8.06. The van der Waals surface area contributed by atoms with Gasteiger partial charge in [-0.15, -0.1) is 11.3 Å². The van der Waals surface area contributed by atoms with Crippen LogP contribution in [0.25, 0.3) is 4.96 Å². The lowest BCUT2D eigenvalue weighted by Crippen LogP contribution is -2.34. The van der Waals surface area contributed by atoms with Crippen molar-refractivity contribution in [1.82, 2.24) is 19.2 Å². The standard InChI is InChI=1S/C19H28N4O2S/c1-2-7-21(13-15-6-5-11-25-15)14-16-17(18(24)22-8-3-4-9-22)20-19-23(16)10-12-26-19/h10,12,15H,2-9,11,13-14H2,1H3/t15-/m0/s1. The zero-order valence-electron chi connectivity index (χ0n) is 15.5. The summed E-state index contributed by atoms with van der Waals surface area (Å²) >= 11 is 1.59. The van der Waals surface area contributed by atoms with Gasteiger partial charge in [0.25, 0.3) is 5.91 Å². The number of imidazole rings is 1. The summed E-state index contributed by atoms with van der Waals surface area (Å²) in [6.45, 7) is 7.49. The second-order valence-corrected chi connectivity index (χ2v) is 8.21. The molecule has 142 valence electrons. The molecule has 0 N–H and O–H groups in total. The molecule has 26 heavy (non-hydrogen) atoms. The van der Waals surface area contributed by atoms with Crippen molar-refractivity contribution in [2.45, 2.75) is 51.7 Å². The number of hydrogen-bond acceptors (Lipinski definition) is 5. The van der Waals surface area contributed by atoms with Gasteiger partial charge in [-0.1, -0.05) is 6.92 Å². The zero-order chi connectivity index (χ0) is 17.9. The number of amides is 1. The quantitative estimate of drug-likeness (QED) is 0.745. The van der Waals surface area contributed by atoms with E-state index >= 15 is 0 Å². The first kappa shape index (κ1) is 17.9. The first-order valence-electron chi connectivity index (χ1n) is 9.84. The Labute approximate surface area is 158 Å². The van der Waals surface area contributed by atoms with Crippen LogP contribution in [0.1, 0.15) is 55.2 Å². The van der Waals surface area contributed by atoms with Crippen LogP contribution in [0.5, 0.6) is 0 Å². The van der Waals surface area contributed by atoms with Crippen LogP contribution >= 0.6 is 11.3 Å². The van der Waals surface area contributed by atoms with Crippen LogP contribution in [0.15, 0.2) is 11.6 Å². The number of ether oxygens (including phenoxy) is 1. The Morgan fingerprint density at radius 1 is 1.38 bits per heavy atom. The summed E-state index contributed by atoms with van der Waals surface area (Å²) in [4.78, 5) is 23.0. The molecule has 0 saturated carbocycles. The minimum absolute atomic E-state index is 0.0990. The highest BCUT2D eigenvalue weighted by Gasteiger charge is 2.28. The molecule has 0 aliphatic carbocycles. The van der Waals surface area contributed by atoms with E-state index in [1.807, 2.05) is 16.5 Å². The fourth-order valence-corrected chi connectivity index (χ4v) is 4.80. The number of hydrogen-bond donors (Lipinski definition) is 0. The molecule has 2 aromatic rings. The maximum Gasteiger partial charge on any atom is 0.274 e. The fourth-order valence-electron chi connectivity index (χ4n) is 4.06. The van der Waals surface area contributed by atoms with E-state index in [9.17, 15) is 4.79 Å². The van der Waals surface area contributed by atoms with E-state index in [4.69, 9.17) is 9.72 Å². The molecule has 2 aromatic heterocycles. The van der Waals surface area contributed by atoms with Gasteiger partial charge in [-0.05, 0) is 38.6 Å². The van der Waals surface area contributed by atoms with Crippen molar-refractivity contribution in [2.75, 3.05) is 32.8 Å². The van der Waals surface area contributed by atoms with E-state index in [2.05, 4.69) is 16.2 Å². The minimum atomic E-state index is 0.0990. The maximum atomic E-state index is 13.0. The van der Waals surface area contributed by atoms with Crippen LogP contribution in [0.3, 0.4) is 0 Å². The number of fused-ring (bicyclic) bond motifs is 1. The third-order valence-electron chi connectivity index (χ3n) is 5.36. The van der Waals surface area contributed by atoms with E-state index in [0.717, 1.165) is 82.1 Å². The van der Waals surface area contributed by atoms with Crippen molar-refractivity contribution < 1.29 is 9.53 Å². The summed E-state index contributed by atoms with van der Waals surface area (Å²) in [5.74, 6) is 0.0990. The first-order chi connectivity index (χ1) is 12.8. The number of nitrogens with zero attached hydrogens (tertiary/aromatic N) is 4. The maximum absolute atomic E-state index is 13.0. The fraction of sp³-hybridized carbons (Fsp3) is 0.684. The molecule has 1 atom stereocenters. The molecule has 2 saturated heterocycles. The van der Waals surface area contributed by atoms with Crippen LogP contribution in [0.4, 0.5) is 0 Å². The molecule has 7 heteroatoms. The van der Waals surface area contributed by atoms with Crippen molar-refractivity contribution >= 4 is 22.2 Å². The predicted molar refractivity (Wildman–Crippen MR) is 103 cm³/mol. The van der Waals surface area contributed by atoms with Gasteiger partial charge in [-0.25, -0.2) is 4.98 Å². The lowest BCUT2D eigenvalue weighted by molar-refractivity contribution is 0.0694. The molecule has 0 bridgehead atoms. The molecule has 4 rings (SSSR count).